The number of hydrazone groups is 1. The molecule has 120 valence electrons. The van der Waals surface area contributed by atoms with Crippen LogP contribution in [0.4, 0.5) is 11.4 Å². The van der Waals surface area contributed by atoms with Gasteiger partial charge in [-0.05, 0) is 40.8 Å². The number of nitro groups is 1. The third-order valence-corrected chi connectivity index (χ3v) is 4.68. The molecule has 0 aliphatic heterocycles. The highest BCUT2D eigenvalue weighted by atomic mass is 127. The van der Waals surface area contributed by atoms with Crippen LogP contribution in [-0.2, 0) is 10.0 Å². The van der Waals surface area contributed by atoms with E-state index < -0.39 is 20.6 Å². The molecule has 8 nitrogen and oxygen atoms in total. The quantitative estimate of drug-likeness (QED) is 0.315. The van der Waals surface area contributed by atoms with Crippen LogP contribution in [-0.4, -0.2) is 19.6 Å². The Morgan fingerprint density at radius 1 is 1.26 bits per heavy atom. The molecule has 10 heteroatoms. The minimum absolute atomic E-state index is 0.0598. The number of rotatable bonds is 5. The molecule has 0 spiro atoms. The molecule has 2 aromatic rings. The van der Waals surface area contributed by atoms with Crippen molar-refractivity contribution in [2.45, 2.75) is 4.90 Å². The summed E-state index contributed by atoms with van der Waals surface area (Å²) in [5, 5.41) is 20.0. The van der Waals surface area contributed by atoms with E-state index in [0.717, 1.165) is 15.2 Å². The lowest BCUT2D eigenvalue weighted by atomic mass is 10.2. The highest BCUT2D eigenvalue weighted by Crippen LogP contribution is 2.27. The first-order chi connectivity index (χ1) is 10.8. The number of halogens is 1. The monoisotopic (exact) mass is 446 g/mol. The van der Waals surface area contributed by atoms with Crippen LogP contribution >= 0.6 is 22.6 Å². The second kappa shape index (κ2) is 7.02. The molecule has 2 aromatic carbocycles. The predicted molar refractivity (Wildman–Crippen MR) is 94.8 cm³/mol. The molecule has 0 aromatic heterocycles. The Morgan fingerprint density at radius 3 is 2.57 bits per heavy atom. The van der Waals surface area contributed by atoms with Crippen LogP contribution in [0.3, 0.4) is 0 Å². The van der Waals surface area contributed by atoms with Crippen LogP contribution in [0.15, 0.2) is 52.5 Å². The molecular formula is C13H11IN4O4S. The van der Waals surface area contributed by atoms with Gasteiger partial charge in [-0.15, -0.1) is 0 Å². The summed E-state index contributed by atoms with van der Waals surface area (Å²) in [5.74, 6) is 0. The number of benzene rings is 2. The molecule has 2 rings (SSSR count). The maximum absolute atomic E-state index is 11.3. The lowest BCUT2D eigenvalue weighted by Crippen LogP contribution is -2.12. The average Bonchev–Trinajstić information content (AvgIpc) is 2.48. The van der Waals surface area contributed by atoms with Crippen molar-refractivity contribution in [1.82, 2.24) is 0 Å². The maximum Gasteiger partial charge on any atom is 0.295 e. The van der Waals surface area contributed by atoms with Crippen molar-refractivity contribution >= 4 is 50.2 Å². The van der Waals surface area contributed by atoms with Crippen LogP contribution in [0.2, 0.25) is 0 Å². The van der Waals surface area contributed by atoms with E-state index in [9.17, 15) is 18.5 Å². The topological polar surface area (TPSA) is 128 Å². The van der Waals surface area contributed by atoms with Gasteiger partial charge in [-0.3, -0.25) is 15.5 Å². The number of nitrogens with zero attached hydrogens (tertiary/aromatic N) is 2. The van der Waals surface area contributed by atoms with Crippen molar-refractivity contribution < 1.29 is 13.3 Å². The summed E-state index contributed by atoms with van der Waals surface area (Å²) >= 11 is 2.14. The van der Waals surface area contributed by atoms with Crippen molar-refractivity contribution in [3.63, 3.8) is 0 Å². The van der Waals surface area contributed by atoms with Crippen molar-refractivity contribution in [3.05, 3.63) is 61.7 Å². The molecule has 0 aliphatic rings. The second-order valence-electron chi connectivity index (χ2n) is 4.37. The molecule has 0 fully saturated rings. The summed E-state index contributed by atoms with van der Waals surface area (Å²) in [6.45, 7) is 0. The number of sulfonamides is 1. The highest BCUT2D eigenvalue weighted by Gasteiger charge is 2.18. The van der Waals surface area contributed by atoms with E-state index in [1.165, 1.54) is 18.3 Å². The van der Waals surface area contributed by atoms with Crippen LogP contribution in [0, 0.1) is 13.7 Å². The summed E-state index contributed by atoms with van der Waals surface area (Å²) in [6.07, 6.45) is 1.51. The van der Waals surface area contributed by atoms with Gasteiger partial charge in [-0.2, -0.15) is 5.10 Å². The average molecular weight is 446 g/mol. The Balaban J connectivity index is 2.30. The number of nitrogens with one attached hydrogen (secondary N) is 1. The molecule has 0 atom stereocenters. The molecule has 0 bridgehead atoms. The molecule has 0 radical (unpaired) electrons. The van der Waals surface area contributed by atoms with E-state index in [2.05, 4.69) is 33.1 Å². The zero-order valence-corrected chi connectivity index (χ0v) is 14.5. The summed E-state index contributed by atoms with van der Waals surface area (Å²) < 4.78 is 23.5. The first-order valence-electron chi connectivity index (χ1n) is 6.14. The van der Waals surface area contributed by atoms with Gasteiger partial charge in [0.25, 0.3) is 5.69 Å². The number of anilines is 1. The van der Waals surface area contributed by atoms with Gasteiger partial charge < -0.3 is 0 Å². The molecule has 0 amide bonds. The van der Waals surface area contributed by atoms with E-state index in [1.807, 2.05) is 24.3 Å². The third kappa shape index (κ3) is 4.46. The van der Waals surface area contributed by atoms with Crippen molar-refractivity contribution in [1.29, 1.82) is 0 Å². The molecule has 0 aliphatic carbocycles. The van der Waals surface area contributed by atoms with Gasteiger partial charge in [0.2, 0.25) is 10.0 Å². The van der Waals surface area contributed by atoms with E-state index in [1.54, 1.807) is 0 Å². The van der Waals surface area contributed by atoms with Gasteiger partial charge >= 0.3 is 0 Å². The van der Waals surface area contributed by atoms with Gasteiger partial charge in [0, 0.05) is 15.2 Å². The summed E-state index contributed by atoms with van der Waals surface area (Å²) in [7, 11) is -4.02. The molecule has 0 saturated carbocycles. The van der Waals surface area contributed by atoms with E-state index >= 15 is 0 Å². The van der Waals surface area contributed by atoms with Gasteiger partial charge in [-0.1, -0.05) is 18.2 Å². The summed E-state index contributed by atoms with van der Waals surface area (Å²) in [5.41, 5.74) is 3.00. The Bertz CT molecular complexity index is 883. The summed E-state index contributed by atoms with van der Waals surface area (Å²) in [6, 6.07) is 10.8. The van der Waals surface area contributed by atoms with Crippen LogP contribution in [0.1, 0.15) is 5.56 Å². The number of primary sulfonamides is 1. The fourth-order valence-corrected chi connectivity index (χ4v) is 2.75. The van der Waals surface area contributed by atoms with E-state index in [4.69, 9.17) is 5.14 Å². The fourth-order valence-electron chi connectivity index (χ4n) is 1.69. The number of hydrogen-bond donors (Lipinski definition) is 2. The number of nitrogens with two attached hydrogens (primary N) is 1. The van der Waals surface area contributed by atoms with Gasteiger partial charge in [0.05, 0.1) is 16.0 Å². The standard InChI is InChI=1S/C13H11IN4O4S/c14-11-4-2-1-3-9(11)8-16-17-12-6-5-10(23(15,21)22)7-13(12)18(19)20/h1-8,17H,(H2,15,21,22)/b16-8-. The zero-order chi connectivity index (χ0) is 17.0. The predicted octanol–water partition coefficient (Wildman–Crippen LogP) is 2.29. The Hall–Kier alpha value is -2.05. The van der Waals surface area contributed by atoms with Gasteiger partial charge in [0.1, 0.15) is 5.69 Å². The minimum atomic E-state index is -4.02. The largest absolute Gasteiger partial charge is 0.295 e. The zero-order valence-electron chi connectivity index (χ0n) is 11.5. The summed E-state index contributed by atoms with van der Waals surface area (Å²) in [4.78, 5) is 10.0. The first kappa shape index (κ1) is 17.3. The van der Waals surface area contributed by atoms with Crippen molar-refractivity contribution in [2.24, 2.45) is 10.2 Å². The lowest BCUT2D eigenvalue weighted by Gasteiger charge is -2.04. The van der Waals surface area contributed by atoms with Crippen molar-refractivity contribution in [3.8, 4) is 0 Å². The Labute approximate surface area is 145 Å². The molecule has 0 unspecified atom stereocenters. The minimum Gasteiger partial charge on any atom is -0.272 e. The molecular weight excluding hydrogens is 435 g/mol. The van der Waals surface area contributed by atoms with Crippen molar-refractivity contribution in [2.75, 3.05) is 5.43 Å². The van der Waals surface area contributed by atoms with Crippen LogP contribution in [0.25, 0.3) is 0 Å². The maximum atomic E-state index is 11.3. The first-order valence-corrected chi connectivity index (χ1v) is 8.76. The lowest BCUT2D eigenvalue weighted by molar-refractivity contribution is -0.384. The normalized spacial score (nSPS) is 11.6. The van der Waals surface area contributed by atoms with Crippen LogP contribution in [0.5, 0.6) is 0 Å². The number of hydrogen-bond acceptors (Lipinski definition) is 6. The molecule has 0 saturated heterocycles. The highest BCUT2D eigenvalue weighted by molar-refractivity contribution is 14.1. The van der Waals surface area contributed by atoms with E-state index in [0.29, 0.717) is 0 Å². The molecule has 0 heterocycles. The van der Waals surface area contributed by atoms with Gasteiger partial charge in [-0.25, -0.2) is 13.6 Å². The molecule has 23 heavy (non-hydrogen) atoms. The van der Waals surface area contributed by atoms with E-state index in [-0.39, 0.29) is 10.6 Å². The van der Waals surface area contributed by atoms with Crippen LogP contribution < -0.4 is 10.6 Å². The second-order valence-corrected chi connectivity index (χ2v) is 7.10. The Morgan fingerprint density at radius 2 is 1.96 bits per heavy atom. The smallest absolute Gasteiger partial charge is 0.272 e. The number of nitro benzene ring substituents is 1. The van der Waals surface area contributed by atoms with Gasteiger partial charge in [0.15, 0.2) is 0 Å². The Kier molecular flexibility index (Phi) is 5.28. The SMILES string of the molecule is NS(=O)(=O)c1ccc(N/N=C\c2ccccc2I)c([N+](=O)[O-])c1. The third-order valence-electron chi connectivity index (χ3n) is 2.79. The fraction of sp³-hybridized carbons (Fsp3) is 0. The molecule has 3 N–H and O–H groups in total.